The summed E-state index contributed by atoms with van der Waals surface area (Å²) in [5, 5.41) is 12.4. The number of aliphatic hydroxyl groups is 1. The molecule has 0 aliphatic heterocycles. The molecule has 1 aromatic rings. The maximum atomic E-state index is 9.25. The van der Waals surface area contributed by atoms with E-state index in [1.165, 1.54) is 0 Å². The lowest BCUT2D eigenvalue weighted by Crippen LogP contribution is -2.25. The van der Waals surface area contributed by atoms with Crippen molar-refractivity contribution in [1.82, 2.24) is 5.32 Å². The van der Waals surface area contributed by atoms with Crippen molar-refractivity contribution in [1.29, 1.82) is 0 Å². The fourth-order valence-electron chi connectivity index (χ4n) is 0.948. The molecule has 0 saturated heterocycles. The quantitative estimate of drug-likeness (QED) is 0.836. The first kappa shape index (κ1) is 10.8. The van der Waals surface area contributed by atoms with E-state index in [9.17, 15) is 5.11 Å². The van der Waals surface area contributed by atoms with Gasteiger partial charge in [-0.25, -0.2) is 0 Å². The van der Waals surface area contributed by atoms with Gasteiger partial charge in [-0.2, -0.15) is 0 Å². The molecule has 74 valence electrons. The fourth-order valence-corrected chi connectivity index (χ4v) is 1.29. The van der Waals surface area contributed by atoms with Gasteiger partial charge < -0.3 is 14.8 Å². The van der Waals surface area contributed by atoms with Crippen molar-refractivity contribution in [2.24, 2.45) is 0 Å². The number of furan rings is 1. The number of aliphatic hydroxyl groups excluding tert-OH is 1. The normalized spacial score (nSPS) is 13.2. The number of nitrogens with one attached hydrogen (secondary N) is 1. The van der Waals surface area contributed by atoms with E-state index in [1.54, 1.807) is 6.26 Å². The molecule has 1 aromatic heterocycles. The molecule has 0 aliphatic carbocycles. The average Bonchev–Trinajstić information content (AvgIpc) is 2.52. The van der Waals surface area contributed by atoms with E-state index >= 15 is 0 Å². The monoisotopic (exact) mass is 247 g/mol. The van der Waals surface area contributed by atoms with Gasteiger partial charge in [-0.05, 0) is 28.4 Å². The van der Waals surface area contributed by atoms with Crippen LogP contribution in [-0.2, 0) is 6.54 Å². The highest BCUT2D eigenvalue weighted by Gasteiger charge is 2.04. The Kier molecular flexibility index (Phi) is 4.48. The van der Waals surface area contributed by atoms with Crippen LogP contribution >= 0.6 is 15.9 Å². The molecule has 0 saturated carbocycles. The average molecular weight is 248 g/mol. The number of rotatable bonds is 5. The minimum absolute atomic E-state index is 0.270. The zero-order chi connectivity index (χ0) is 9.68. The van der Waals surface area contributed by atoms with Crippen LogP contribution in [0.1, 0.15) is 19.1 Å². The van der Waals surface area contributed by atoms with Crippen LogP contribution in [0.4, 0.5) is 0 Å². The van der Waals surface area contributed by atoms with Gasteiger partial charge in [0.05, 0.1) is 23.4 Å². The first-order chi connectivity index (χ1) is 6.24. The van der Waals surface area contributed by atoms with E-state index in [4.69, 9.17) is 4.42 Å². The second-order valence-electron chi connectivity index (χ2n) is 2.88. The van der Waals surface area contributed by atoms with Crippen LogP contribution in [0.25, 0.3) is 0 Å². The van der Waals surface area contributed by atoms with Gasteiger partial charge in [0.1, 0.15) is 5.76 Å². The molecule has 1 rings (SSSR count). The van der Waals surface area contributed by atoms with Gasteiger partial charge in [0.25, 0.3) is 0 Å². The van der Waals surface area contributed by atoms with E-state index in [0.29, 0.717) is 13.1 Å². The Hall–Kier alpha value is -0.320. The van der Waals surface area contributed by atoms with E-state index in [1.807, 2.05) is 13.0 Å². The summed E-state index contributed by atoms with van der Waals surface area (Å²) in [6.45, 7) is 3.20. The van der Waals surface area contributed by atoms with Gasteiger partial charge in [0, 0.05) is 6.54 Å². The summed E-state index contributed by atoms with van der Waals surface area (Å²) in [5.74, 6) is 0.864. The molecule has 13 heavy (non-hydrogen) atoms. The molecule has 0 spiro atoms. The third-order valence-electron chi connectivity index (χ3n) is 1.83. The second-order valence-corrected chi connectivity index (χ2v) is 3.74. The maximum absolute atomic E-state index is 9.25. The Bertz CT molecular complexity index is 250. The molecule has 1 atom stereocenters. The summed E-state index contributed by atoms with van der Waals surface area (Å²) in [6, 6.07) is 1.85. The zero-order valence-corrected chi connectivity index (χ0v) is 9.17. The van der Waals surface area contributed by atoms with Crippen molar-refractivity contribution in [3.63, 3.8) is 0 Å². The second kappa shape index (κ2) is 5.42. The van der Waals surface area contributed by atoms with E-state index in [2.05, 4.69) is 21.2 Å². The van der Waals surface area contributed by atoms with Crippen LogP contribution in [0.15, 0.2) is 21.2 Å². The highest BCUT2D eigenvalue weighted by molar-refractivity contribution is 9.10. The Balaban J connectivity index is 2.24. The summed E-state index contributed by atoms with van der Waals surface area (Å²) in [4.78, 5) is 0. The number of hydrogen-bond acceptors (Lipinski definition) is 3. The van der Waals surface area contributed by atoms with Crippen molar-refractivity contribution < 1.29 is 9.52 Å². The van der Waals surface area contributed by atoms with Crippen LogP contribution in [-0.4, -0.2) is 17.8 Å². The summed E-state index contributed by atoms with van der Waals surface area (Å²) in [5.41, 5.74) is 0. The molecule has 0 bridgehead atoms. The minimum atomic E-state index is -0.270. The molecule has 1 unspecified atom stereocenters. The summed E-state index contributed by atoms with van der Waals surface area (Å²) >= 11 is 3.35. The number of halogens is 1. The van der Waals surface area contributed by atoms with E-state index < -0.39 is 0 Å². The highest BCUT2D eigenvalue weighted by atomic mass is 79.9. The van der Waals surface area contributed by atoms with Gasteiger partial charge in [-0.1, -0.05) is 6.92 Å². The molecule has 3 nitrogen and oxygen atoms in total. The third-order valence-corrected chi connectivity index (χ3v) is 2.53. The summed E-state index contributed by atoms with van der Waals surface area (Å²) in [7, 11) is 0. The van der Waals surface area contributed by atoms with Crippen molar-refractivity contribution >= 4 is 15.9 Å². The fraction of sp³-hybridized carbons (Fsp3) is 0.556. The van der Waals surface area contributed by atoms with Gasteiger partial charge in [0.2, 0.25) is 0 Å². The van der Waals surface area contributed by atoms with Gasteiger partial charge in [0.15, 0.2) is 0 Å². The van der Waals surface area contributed by atoms with Gasteiger partial charge in [-0.3, -0.25) is 0 Å². The van der Waals surface area contributed by atoms with Crippen LogP contribution in [0.2, 0.25) is 0 Å². The molecule has 0 fully saturated rings. The molecule has 0 aliphatic rings. The Morgan fingerprint density at radius 1 is 1.69 bits per heavy atom. The van der Waals surface area contributed by atoms with Crippen molar-refractivity contribution in [3.8, 4) is 0 Å². The SMILES string of the molecule is CCC(O)CNCc1occc1Br. The Morgan fingerprint density at radius 2 is 2.46 bits per heavy atom. The molecule has 0 aromatic carbocycles. The van der Waals surface area contributed by atoms with E-state index in [-0.39, 0.29) is 6.10 Å². The summed E-state index contributed by atoms with van der Waals surface area (Å²) < 4.78 is 6.15. The molecule has 0 amide bonds. The standard InChI is InChI=1S/C9H14BrNO2/c1-2-7(12)5-11-6-9-8(10)3-4-13-9/h3-4,7,11-12H,2,5-6H2,1H3. The Morgan fingerprint density at radius 3 is 3.00 bits per heavy atom. The van der Waals surface area contributed by atoms with Crippen LogP contribution in [0.5, 0.6) is 0 Å². The topological polar surface area (TPSA) is 45.4 Å². The van der Waals surface area contributed by atoms with E-state index in [0.717, 1.165) is 16.7 Å². The molecule has 1 heterocycles. The lowest BCUT2D eigenvalue weighted by molar-refractivity contribution is 0.166. The number of hydrogen-bond donors (Lipinski definition) is 2. The summed E-state index contributed by atoms with van der Waals surface area (Å²) in [6.07, 6.45) is 2.14. The van der Waals surface area contributed by atoms with Crippen LogP contribution in [0.3, 0.4) is 0 Å². The van der Waals surface area contributed by atoms with Crippen molar-refractivity contribution in [3.05, 3.63) is 22.6 Å². The van der Waals surface area contributed by atoms with Crippen molar-refractivity contribution in [2.75, 3.05) is 6.54 Å². The van der Waals surface area contributed by atoms with Gasteiger partial charge >= 0.3 is 0 Å². The zero-order valence-electron chi connectivity index (χ0n) is 7.59. The molecule has 2 N–H and O–H groups in total. The third kappa shape index (κ3) is 3.50. The van der Waals surface area contributed by atoms with Crippen LogP contribution < -0.4 is 5.32 Å². The first-order valence-electron chi connectivity index (χ1n) is 4.34. The molecule has 0 radical (unpaired) electrons. The largest absolute Gasteiger partial charge is 0.467 e. The smallest absolute Gasteiger partial charge is 0.131 e. The minimum Gasteiger partial charge on any atom is -0.467 e. The first-order valence-corrected chi connectivity index (χ1v) is 5.14. The highest BCUT2D eigenvalue weighted by Crippen LogP contribution is 2.16. The van der Waals surface area contributed by atoms with Crippen molar-refractivity contribution in [2.45, 2.75) is 26.0 Å². The lowest BCUT2D eigenvalue weighted by Gasteiger charge is -2.07. The Labute approximate surface area is 86.3 Å². The predicted octanol–water partition coefficient (Wildman–Crippen LogP) is 1.90. The maximum Gasteiger partial charge on any atom is 0.131 e. The van der Waals surface area contributed by atoms with Crippen LogP contribution in [0, 0.1) is 0 Å². The van der Waals surface area contributed by atoms with Gasteiger partial charge in [-0.15, -0.1) is 0 Å². The molecule has 4 heteroatoms. The molecular formula is C9H14BrNO2. The lowest BCUT2D eigenvalue weighted by atomic mass is 10.3. The molecular weight excluding hydrogens is 234 g/mol. The predicted molar refractivity (Wildman–Crippen MR) is 54.4 cm³/mol.